The molecule has 1 unspecified atom stereocenters. The number of hydrogen-bond acceptors (Lipinski definition) is 4. The summed E-state index contributed by atoms with van der Waals surface area (Å²) in [5, 5.41) is 3.30. The fourth-order valence-electron chi connectivity index (χ4n) is 2.13. The maximum Gasteiger partial charge on any atom is 0.150 e. The molecule has 2 rings (SSSR count). The summed E-state index contributed by atoms with van der Waals surface area (Å²) in [4.78, 5) is 4.29. The molecule has 1 saturated heterocycles. The lowest BCUT2D eigenvalue weighted by atomic mass is 10.1. The highest BCUT2D eigenvalue weighted by molar-refractivity contribution is 7.91. The van der Waals surface area contributed by atoms with Crippen molar-refractivity contribution in [1.82, 2.24) is 10.3 Å². The average molecular weight is 254 g/mol. The lowest BCUT2D eigenvalue weighted by Gasteiger charge is -2.10. The summed E-state index contributed by atoms with van der Waals surface area (Å²) in [6.45, 7) is 3.50. The van der Waals surface area contributed by atoms with Gasteiger partial charge in [0.15, 0.2) is 9.84 Å². The normalized spacial score (nSPS) is 22.8. The minimum Gasteiger partial charge on any atom is -0.311 e. The zero-order valence-corrected chi connectivity index (χ0v) is 10.8. The Morgan fingerprint density at radius 1 is 1.53 bits per heavy atom. The van der Waals surface area contributed by atoms with E-state index in [1.54, 1.807) is 6.20 Å². The van der Waals surface area contributed by atoms with Crippen LogP contribution in [0.1, 0.15) is 17.7 Å². The lowest BCUT2D eigenvalue weighted by Crippen LogP contribution is -2.24. The van der Waals surface area contributed by atoms with Crippen molar-refractivity contribution in [2.45, 2.75) is 19.9 Å². The Bertz CT molecular complexity index is 485. The molecule has 1 atom stereocenters. The van der Waals surface area contributed by atoms with Crippen LogP contribution in [0.25, 0.3) is 0 Å². The van der Waals surface area contributed by atoms with E-state index < -0.39 is 9.84 Å². The molecular weight excluding hydrogens is 236 g/mol. The number of nitrogens with zero attached hydrogens (tertiary/aromatic N) is 1. The van der Waals surface area contributed by atoms with Crippen molar-refractivity contribution in [2.75, 3.05) is 18.1 Å². The lowest BCUT2D eigenvalue weighted by molar-refractivity contribution is 0.517. The molecular formula is C12H18N2O2S. The fourth-order valence-corrected chi connectivity index (χ4v) is 3.99. The molecule has 0 radical (unpaired) electrons. The first kappa shape index (κ1) is 12.5. The quantitative estimate of drug-likeness (QED) is 0.868. The number of sulfone groups is 1. The molecule has 0 aromatic carbocycles. The number of aryl methyl sites for hydroxylation is 1. The van der Waals surface area contributed by atoms with Gasteiger partial charge in [-0.15, -0.1) is 0 Å². The van der Waals surface area contributed by atoms with E-state index in [-0.39, 0.29) is 5.92 Å². The smallest absolute Gasteiger partial charge is 0.150 e. The van der Waals surface area contributed by atoms with Crippen LogP contribution in [-0.2, 0) is 16.4 Å². The second kappa shape index (κ2) is 5.14. The maximum atomic E-state index is 11.3. The van der Waals surface area contributed by atoms with E-state index in [0.717, 1.165) is 18.7 Å². The number of pyridine rings is 1. The molecule has 94 valence electrons. The minimum atomic E-state index is -2.75. The van der Waals surface area contributed by atoms with Crippen LogP contribution in [0, 0.1) is 12.8 Å². The van der Waals surface area contributed by atoms with Crippen LogP contribution in [0.4, 0.5) is 0 Å². The van der Waals surface area contributed by atoms with Gasteiger partial charge in [0.2, 0.25) is 0 Å². The van der Waals surface area contributed by atoms with E-state index in [2.05, 4.69) is 10.3 Å². The minimum absolute atomic E-state index is 0.268. The van der Waals surface area contributed by atoms with Gasteiger partial charge in [-0.2, -0.15) is 0 Å². The first-order valence-corrected chi connectivity index (χ1v) is 7.70. The third kappa shape index (κ3) is 3.51. The molecule has 1 fully saturated rings. The van der Waals surface area contributed by atoms with Gasteiger partial charge in [0.25, 0.3) is 0 Å². The van der Waals surface area contributed by atoms with Gasteiger partial charge in [-0.3, -0.25) is 4.98 Å². The van der Waals surface area contributed by atoms with Gasteiger partial charge in [-0.05, 0) is 37.4 Å². The number of aromatic nitrogens is 1. The first-order valence-electron chi connectivity index (χ1n) is 5.88. The van der Waals surface area contributed by atoms with Gasteiger partial charge in [0, 0.05) is 12.7 Å². The highest BCUT2D eigenvalue weighted by atomic mass is 32.2. The third-order valence-corrected chi connectivity index (χ3v) is 5.01. The Morgan fingerprint density at radius 3 is 3.00 bits per heavy atom. The molecule has 2 heterocycles. The van der Waals surface area contributed by atoms with E-state index in [1.165, 1.54) is 5.56 Å². The fraction of sp³-hybridized carbons (Fsp3) is 0.583. The Labute approximate surface area is 102 Å². The third-order valence-electron chi connectivity index (χ3n) is 3.17. The van der Waals surface area contributed by atoms with E-state index >= 15 is 0 Å². The summed E-state index contributed by atoms with van der Waals surface area (Å²) in [6, 6.07) is 3.95. The number of nitrogens with one attached hydrogen (secondary N) is 1. The summed E-state index contributed by atoms with van der Waals surface area (Å²) >= 11 is 0. The van der Waals surface area contributed by atoms with Gasteiger partial charge in [0.05, 0.1) is 17.2 Å². The molecule has 1 aliphatic rings. The van der Waals surface area contributed by atoms with Crippen LogP contribution in [0.5, 0.6) is 0 Å². The molecule has 17 heavy (non-hydrogen) atoms. The van der Waals surface area contributed by atoms with Crippen LogP contribution in [-0.4, -0.2) is 31.5 Å². The molecule has 5 heteroatoms. The highest BCUT2D eigenvalue weighted by Crippen LogP contribution is 2.17. The van der Waals surface area contributed by atoms with Crippen LogP contribution in [0.15, 0.2) is 18.3 Å². The summed E-state index contributed by atoms with van der Waals surface area (Å²) in [7, 11) is -2.75. The summed E-state index contributed by atoms with van der Waals surface area (Å²) in [5.41, 5.74) is 2.20. The van der Waals surface area contributed by atoms with Crippen LogP contribution >= 0.6 is 0 Å². The van der Waals surface area contributed by atoms with Gasteiger partial charge >= 0.3 is 0 Å². The highest BCUT2D eigenvalue weighted by Gasteiger charge is 2.27. The van der Waals surface area contributed by atoms with Crippen molar-refractivity contribution in [3.8, 4) is 0 Å². The van der Waals surface area contributed by atoms with Crippen molar-refractivity contribution >= 4 is 9.84 Å². The molecule has 0 saturated carbocycles. The monoisotopic (exact) mass is 254 g/mol. The Morgan fingerprint density at radius 2 is 2.35 bits per heavy atom. The van der Waals surface area contributed by atoms with Crippen molar-refractivity contribution in [3.05, 3.63) is 29.6 Å². The van der Waals surface area contributed by atoms with E-state index in [0.29, 0.717) is 18.1 Å². The van der Waals surface area contributed by atoms with Crippen LogP contribution < -0.4 is 5.32 Å². The van der Waals surface area contributed by atoms with Crippen molar-refractivity contribution < 1.29 is 8.42 Å². The predicted octanol–water partition coefficient (Wildman–Crippen LogP) is 0.914. The molecule has 1 N–H and O–H groups in total. The molecule has 1 aromatic rings. The molecule has 1 aromatic heterocycles. The summed E-state index contributed by atoms with van der Waals surface area (Å²) < 4.78 is 22.6. The van der Waals surface area contributed by atoms with Gasteiger partial charge in [0.1, 0.15) is 0 Å². The Hall–Kier alpha value is -0.940. The number of rotatable bonds is 4. The van der Waals surface area contributed by atoms with E-state index in [4.69, 9.17) is 0 Å². The Balaban J connectivity index is 1.79. The topological polar surface area (TPSA) is 59.1 Å². The van der Waals surface area contributed by atoms with Gasteiger partial charge < -0.3 is 5.32 Å². The number of hydrogen-bond donors (Lipinski definition) is 1. The molecule has 4 nitrogen and oxygen atoms in total. The van der Waals surface area contributed by atoms with Gasteiger partial charge in [-0.1, -0.05) is 6.07 Å². The van der Waals surface area contributed by atoms with Crippen molar-refractivity contribution in [1.29, 1.82) is 0 Å². The second-order valence-corrected chi connectivity index (χ2v) is 6.90. The SMILES string of the molecule is Cc1cccnc1CNCC1CCS(=O)(=O)C1. The Kier molecular flexibility index (Phi) is 3.79. The first-order chi connectivity index (χ1) is 8.07. The molecule has 1 aliphatic heterocycles. The maximum absolute atomic E-state index is 11.3. The van der Waals surface area contributed by atoms with Crippen molar-refractivity contribution in [2.24, 2.45) is 5.92 Å². The van der Waals surface area contributed by atoms with E-state index in [1.807, 2.05) is 19.1 Å². The molecule has 0 aliphatic carbocycles. The summed E-state index contributed by atoms with van der Waals surface area (Å²) in [5.74, 6) is 0.951. The predicted molar refractivity (Wildman–Crippen MR) is 67.4 cm³/mol. The summed E-state index contributed by atoms with van der Waals surface area (Å²) in [6.07, 6.45) is 2.57. The second-order valence-electron chi connectivity index (χ2n) is 4.67. The van der Waals surface area contributed by atoms with Crippen LogP contribution in [0.3, 0.4) is 0 Å². The zero-order chi connectivity index (χ0) is 12.3. The van der Waals surface area contributed by atoms with Crippen molar-refractivity contribution in [3.63, 3.8) is 0 Å². The van der Waals surface area contributed by atoms with Crippen LogP contribution in [0.2, 0.25) is 0 Å². The largest absolute Gasteiger partial charge is 0.311 e. The zero-order valence-electron chi connectivity index (χ0n) is 10.0. The average Bonchev–Trinajstić information content (AvgIpc) is 2.61. The van der Waals surface area contributed by atoms with Gasteiger partial charge in [-0.25, -0.2) is 8.42 Å². The standard InChI is InChI=1S/C12H18N2O2S/c1-10-3-2-5-14-12(10)8-13-7-11-4-6-17(15,16)9-11/h2-3,5,11,13H,4,6-9H2,1H3. The molecule has 0 bridgehead atoms. The molecule has 0 spiro atoms. The molecule has 0 amide bonds. The van der Waals surface area contributed by atoms with E-state index in [9.17, 15) is 8.42 Å².